The predicted octanol–water partition coefficient (Wildman–Crippen LogP) is 9.64. The van der Waals surface area contributed by atoms with Crippen molar-refractivity contribution in [3.8, 4) is 35.4 Å². The van der Waals surface area contributed by atoms with Crippen molar-refractivity contribution in [1.82, 2.24) is 9.80 Å². The third kappa shape index (κ3) is 7.72. The molecular weight excluding hydrogens is 925 g/mol. The minimum absolute atomic E-state index is 0.0787. The first-order valence-electron chi connectivity index (χ1n) is 20.4. The molecule has 4 heterocycles. The maximum Gasteiger partial charge on any atom is 0.333 e. The minimum Gasteiger partial charge on any atom is -0.459 e. The average Bonchev–Trinajstić information content (AvgIpc) is 4.15. The van der Waals surface area contributed by atoms with Crippen LogP contribution in [0.2, 0.25) is 0 Å². The maximum absolute atomic E-state index is 15.2. The van der Waals surface area contributed by atoms with Crippen molar-refractivity contribution >= 4 is 110 Å². The maximum atomic E-state index is 15.2. The molecule has 4 aromatic carbocycles. The van der Waals surface area contributed by atoms with Crippen LogP contribution < -0.4 is 0 Å². The number of benzene rings is 4. The molecule has 3 aliphatic rings. The zero-order valence-electron chi connectivity index (χ0n) is 35.2. The van der Waals surface area contributed by atoms with Gasteiger partial charge < -0.3 is 9.47 Å². The van der Waals surface area contributed by atoms with Gasteiger partial charge in [0.25, 0.3) is 11.8 Å². The number of thioether (sulfide) groups is 2. The fourth-order valence-electron chi connectivity index (χ4n) is 7.98. The van der Waals surface area contributed by atoms with Gasteiger partial charge in [-0.2, -0.15) is 21.0 Å². The minimum atomic E-state index is -2.15. The molecule has 0 spiro atoms. The van der Waals surface area contributed by atoms with Crippen molar-refractivity contribution in [2.24, 2.45) is 9.98 Å². The summed E-state index contributed by atoms with van der Waals surface area (Å²) in [5, 5.41) is 41.0. The Balaban J connectivity index is 1.22. The Bertz CT molecular complexity index is 3180. The van der Waals surface area contributed by atoms with Gasteiger partial charge in [0.15, 0.2) is 21.2 Å². The Morgan fingerprint density at radius 2 is 0.985 bits per heavy atom. The third-order valence-corrected chi connectivity index (χ3v) is 15.2. The van der Waals surface area contributed by atoms with Crippen molar-refractivity contribution in [2.45, 2.75) is 32.5 Å². The molecular formula is C49H30N8O6S4. The zero-order chi connectivity index (χ0) is 47.0. The fourth-order valence-corrected chi connectivity index (χ4v) is 12.1. The van der Waals surface area contributed by atoms with Gasteiger partial charge in [-0.3, -0.25) is 29.0 Å². The summed E-state index contributed by atoms with van der Waals surface area (Å²) < 4.78 is 13.7. The number of nitrogens with zero attached hydrogens (tertiary/aromatic N) is 8. The number of carbonyl (C=O) groups excluding carboxylic acids is 4. The molecule has 1 aliphatic carbocycles. The SMILES string of the molecule is CCN1C(=O)/C(=N/c2cc3cc4c(cc3s2)-c2cc3sc(/N=C5\SC(=C(C#N)C#N)N(CC)C5=O)cc3cc2C4(C(=O)OCc2ccccc2)C(=O)OCc2ccccc2)SC1=C(C#N)C#N. The second-order valence-electron chi connectivity index (χ2n) is 14.9. The standard InChI is InChI=1S/C49H30N8O6S4/c1-3-56-43(58)41(66-45(56)31(21-50)22-51)54-39-17-29-15-35-33(19-37(29)64-39)34-20-38-30(18-40(65-38)55-42-44(59)57(4-2)46(67-42)32(23-52)24-53)16-36(34)49(35,47(60)62-25-27-11-7-5-8-12-27)48(61)63-26-28-13-9-6-10-14-28/h5-20H,3-4,25-26H2,1-2H3/b54-41-,55-42-. The Labute approximate surface area is 399 Å². The molecule has 18 heteroatoms. The summed E-state index contributed by atoms with van der Waals surface area (Å²) in [5.41, 5.74) is 0.595. The summed E-state index contributed by atoms with van der Waals surface area (Å²) in [6.07, 6.45) is 0. The molecule has 6 aromatic rings. The first-order valence-corrected chi connectivity index (χ1v) is 23.7. The van der Waals surface area contributed by atoms with Crippen LogP contribution in [0.3, 0.4) is 0 Å². The van der Waals surface area contributed by atoms with E-state index in [4.69, 9.17) is 9.47 Å². The van der Waals surface area contributed by atoms with Crippen molar-refractivity contribution in [1.29, 1.82) is 21.0 Å². The molecule has 326 valence electrons. The number of hydrogen-bond donors (Lipinski definition) is 0. The van der Waals surface area contributed by atoms with Gasteiger partial charge in [0.1, 0.15) is 57.6 Å². The monoisotopic (exact) mass is 954 g/mol. The lowest BCUT2D eigenvalue weighted by Gasteiger charge is -2.28. The van der Waals surface area contributed by atoms with E-state index < -0.39 is 29.2 Å². The highest BCUT2D eigenvalue weighted by atomic mass is 32.2. The molecule has 2 aromatic heterocycles. The number of allylic oxidation sites excluding steroid dienone is 2. The topological polar surface area (TPSA) is 213 Å². The normalized spacial score (nSPS) is 15.9. The largest absolute Gasteiger partial charge is 0.459 e. The van der Waals surface area contributed by atoms with Crippen LogP contribution in [-0.4, -0.2) is 56.7 Å². The molecule has 0 atom stereocenters. The number of aliphatic imine (C=N–C) groups is 2. The van der Waals surface area contributed by atoms with Gasteiger partial charge in [0.05, 0.1) is 0 Å². The molecule has 0 bridgehead atoms. The van der Waals surface area contributed by atoms with E-state index in [1.807, 2.05) is 72.8 Å². The first kappa shape index (κ1) is 44.4. The van der Waals surface area contributed by atoms with Crippen LogP contribution >= 0.6 is 46.2 Å². The van der Waals surface area contributed by atoms with Crippen LogP contribution in [0.25, 0.3) is 31.3 Å². The number of ether oxygens (including phenoxy) is 2. The molecule has 67 heavy (non-hydrogen) atoms. The summed E-state index contributed by atoms with van der Waals surface area (Å²) in [4.78, 5) is 69.3. The highest BCUT2D eigenvalue weighted by Gasteiger charge is 2.58. The summed E-state index contributed by atoms with van der Waals surface area (Å²) in [6, 6.07) is 36.3. The van der Waals surface area contributed by atoms with Crippen LogP contribution in [0, 0.1) is 45.3 Å². The first-order chi connectivity index (χ1) is 32.6. The molecule has 14 nitrogen and oxygen atoms in total. The number of nitriles is 4. The number of carbonyl (C=O) groups is 4. The molecule has 2 saturated heterocycles. The van der Waals surface area contributed by atoms with Crippen LogP contribution in [0.15, 0.2) is 128 Å². The smallest absolute Gasteiger partial charge is 0.333 e. The molecule has 0 radical (unpaired) electrons. The van der Waals surface area contributed by atoms with Gasteiger partial charge in [0, 0.05) is 22.5 Å². The van der Waals surface area contributed by atoms with Crippen LogP contribution in [0.5, 0.6) is 0 Å². The predicted molar refractivity (Wildman–Crippen MR) is 257 cm³/mol. The molecule has 2 fully saturated rings. The highest BCUT2D eigenvalue weighted by Crippen LogP contribution is 2.55. The van der Waals surface area contributed by atoms with Gasteiger partial charge in [0.2, 0.25) is 5.41 Å². The lowest BCUT2D eigenvalue weighted by Crippen LogP contribution is -2.45. The van der Waals surface area contributed by atoms with Gasteiger partial charge in [-0.1, -0.05) is 60.7 Å². The number of amides is 2. The van der Waals surface area contributed by atoms with Crippen molar-refractivity contribution in [3.05, 3.63) is 141 Å². The quantitative estimate of drug-likeness (QED) is 0.0713. The summed E-state index contributed by atoms with van der Waals surface area (Å²) in [6.45, 7) is 3.63. The number of fused-ring (bicyclic) bond motifs is 5. The number of rotatable bonds is 10. The van der Waals surface area contributed by atoms with Crippen molar-refractivity contribution in [2.75, 3.05) is 13.1 Å². The fraction of sp³-hybridized carbons (Fsp3) is 0.143. The molecule has 0 unspecified atom stereocenters. The Morgan fingerprint density at radius 3 is 1.34 bits per heavy atom. The molecule has 0 N–H and O–H groups in total. The van der Waals surface area contributed by atoms with E-state index in [0.29, 0.717) is 54.2 Å². The number of hydrogen-bond acceptors (Lipinski definition) is 16. The van der Waals surface area contributed by atoms with Gasteiger partial charge in [-0.25, -0.2) is 9.98 Å². The second kappa shape index (κ2) is 18.2. The van der Waals surface area contributed by atoms with E-state index in [1.165, 1.54) is 32.5 Å². The van der Waals surface area contributed by atoms with Crippen LogP contribution in [-0.2, 0) is 47.3 Å². The van der Waals surface area contributed by atoms with E-state index in [0.717, 1.165) is 32.9 Å². The highest BCUT2D eigenvalue weighted by molar-refractivity contribution is 8.20. The average molecular weight is 955 g/mol. The Morgan fingerprint density at radius 1 is 0.597 bits per heavy atom. The van der Waals surface area contributed by atoms with E-state index in [-0.39, 0.29) is 57.6 Å². The number of esters is 2. The molecule has 2 amide bonds. The van der Waals surface area contributed by atoms with Crippen molar-refractivity contribution < 1.29 is 28.7 Å². The summed E-state index contributed by atoms with van der Waals surface area (Å²) in [5.74, 6) is -2.63. The summed E-state index contributed by atoms with van der Waals surface area (Å²) >= 11 is 4.44. The lowest BCUT2D eigenvalue weighted by molar-refractivity contribution is -0.164. The molecule has 0 saturated carbocycles. The van der Waals surface area contributed by atoms with Crippen molar-refractivity contribution in [3.63, 3.8) is 0 Å². The summed E-state index contributed by atoms with van der Waals surface area (Å²) in [7, 11) is 0. The van der Waals surface area contributed by atoms with E-state index in [9.17, 15) is 30.6 Å². The van der Waals surface area contributed by atoms with Gasteiger partial charge in [-0.05, 0) is 118 Å². The van der Waals surface area contributed by atoms with E-state index in [2.05, 4.69) is 9.98 Å². The Kier molecular flexibility index (Phi) is 12.1. The van der Waals surface area contributed by atoms with E-state index in [1.54, 1.807) is 62.4 Å². The van der Waals surface area contributed by atoms with Gasteiger partial charge >= 0.3 is 11.9 Å². The third-order valence-electron chi connectivity index (χ3n) is 11.1. The lowest BCUT2D eigenvalue weighted by atomic mass is 9.77. The molecule has 2 aliphatic heterocycles. The second-order valence-corrected chi connectivity index (χ2v) is 18.9. The zero-order valence-corrected chi connectivity index (χ0v) is 38.5. The van der Waals surface area contributed by atoms with Crippen LogP contribution in [0.4, 0.5) is 10.0 Å². The molecule has 9 rings (SSSR count). The van der Waals surface area contributed by atoms with E-state index >= 15 is 9.59 Å². The Hall–Kier alpha value is -7.84. The number of thiophene rings is 2. The van der Waals surface area contributed by atoms with Gasteiger partial charge in [-0.15, -0.1) is 22.7 Å². The van der Waals surface area contributed by atoms with Crippen LogP contribution in [0.1, 0.15) is 36.1 Å².